The van der Waals surface area contributed by atoms with Crippen LogP contribution in [0, 0.1) is 44.4 Å². The maximum atomic E-state index is 11.5. The predicted octanol–water partition coefficient (Wildman–Crippen LogP) is 9.10. The number of fused-ring (bicyclic) bond motifs is 3. The number of benzene rings is 4. The molecule has 0 bridgehead atoms. The van der Waals surface area contributed by atoms with Crippen molar-refractivity contribution >= 4 is 85.7 Å². The molecule has 414 valence electrons. The van der Waals surface area contributed by atoms with Gasteiger partial charge < -0.3 is 31.3 Å². The van der Waals surface area contributed by atoms with Crippen LogP contribution in [0.15, 0.2) is 91.0 Å². The monoisotopic (exact) mass is 1070 g/mol. The maximum absolute atomic E-state index is 11.5. The molecule has 4 aromatic carbocycles. The zero-order valence-electron chi connectivity index (χ0n) is 49.4. The molecule has 0 unspecified atom stereocenters. The van der Waals surface area contributed by atoms with Crippen LogP contribution in [0.1, 0.15) is 157 Å². The molecule has 0 aliphatic carbocycles. The summed E-state index contributed by atoms with van der Waals surface area (Å²) in [5.74, 6) is 1.67. The summed E-state index contributed by atoms with van der Waals surface area (Å²) in [5, 5.41) is 12.2. The number of nitrogens with zero attached hydrogens (tertiary/aromatic N) is 3. The third kappa shape index (κ3) is 22.6. The number of nitrogen functional groups attached to an aromatic ring is 1. The second-order valence-corrected chi connectivity index (χ2v) is 20.6. The van der Waals surface area contributed by atoms with E-state index < -0.39 is 5.97 Å². The zero-order chi connectivity index (χ0) is 56.8. The molecule has 0 spiro atoms. The summed E-state index contributed by atoms with van der Waals surface area (Å²) < 4.78 is 14.0. The number of aldehydes is 1. The fourth-order valence-corrected chi connectivity index (χ4v) is 7.94. The smallest absolute Gasteiger partial charge is 1.00 e. The Morgan fingerprint density at radius 3 is 1.21 bits per heavy atom. The number of esters is 3. The zero-order valence-corrected chi connectivity index (χ0v) is 48.4. The number of carbonyl (C=O) groups excluding carboxylic acids is 5. The number of anilines is 1. The van der Waals surface area contributed by atoms with Gasteiger partial charge in [-0.25, -0.2) is 14.4 Å². The number of ketones is 1. The largest absolute Gasteiger partial charge is 1.00 e. The Labute approximate surface area is 486 Å². The van der Waals surface area contributed by atoms with Crippen molar-refractivity contribution in [2.45, 2.75) is 122 Å². The van der Waals surface area contributed by atoms with Crippen LogP contribution >= 0.6 is 0 Å². The normalized spacial score (nSPS) is 10.4. The van der Waals surface area contributed by atoms with Crippen molar-refractivity contribution in [3.05, 3.63) is 153 Å². The van der Waals surface area contributed by atoms with Crippen LogP contribution in [0.4, 0.5) is 5.69 Å². The van der Waals surface area contributed by atoms with E-state index in [4.69, 9.17) is 20.3 Å². The van der Waals surface area contributed by atoms with Crippen molar-refractivity contribution in [1.82, 2.24) is 15.0 Å². The molecule has 0 fully saturated rings. The number of rotatable bonds is 14. The number of nitrogens with two attached hydrogens (primary N) is 1. The van der Waals surface area contributed by atoms with Gasteiger partial charge in [0, 0.05) is 50.9 Å². The summed E-state index contributed by atoms with van der Waals surface area (Å²) in [5.41, 5.74) is 18.4. The SMILES string of the molecule is CC(=O)CCC(C)C.COC(=O)c1ccc(N)c(C=O)c1.COC(=O)c1ccc2nc(C)c(CC(C)C)cc2c1.COC(=O)c1ccc2nc(C)c(CC(C)C)cc2c1.Cc1nc2ccc(CO)cc2cc1CC(C)C.[AlH3].[H-].[Li+]. The molecule has 0 saturated carbocycles. The molecule has 3 heterocycles. The number of pyridine rings is 3. The van der Waals surface area contributed by atoms with Crippen molar-refractivity contribution in [3.63, 3.8) is 0 Å². The van der Waals surface area contributed by atoms with Crippen LogP contribution in [-0.2, 0) is 44.9 Å². The molecule has 13 nitrogen and oxygen atoms in total. The average Bonchev–Trinajstić information content (AvgIpc) is 3.38. The topological polar surface area (TPSA) is 198 Å². The van der Waals surface area contributed by atoms with E-state index in [-0.39, 0.29) is 56.2 Å². The minimum absolute atomic E-state index is 0. The van der Waals surface area contributed by atoms with Gasteiger partial charge in [0.15, 0.2) is 23.6 Å². The number of hydrogen-bond donors (Lipinski definition) is 2. The van der Waals surface area contributed by atoms with Crippen molar-refractivity contribution in [1.29, 1.82) is 0 Å². The summed E-state index contributed by atoms with van der Waals surface area (Å²) in [7, 11) is 4.06. The summed E-state index contributed by atoms with van der Waals surface area (Å²) in [6.45, 7) is 25.3. The molecule has 0 atom stereocenters. The third-order valence-corrected chi connectivity index (χ3v) is 12.0. The van der Waals surface area contributed by atoms with Gasteiger partial charge in [-0.1, -0.05) is 61.5 Å². The molecule has 7 aromatic rings. The number of carbonyl (C=O) groups is 5. The summed E-state index contributed by atoms with van der Waals surface area (Å²) in [6.07, 6.45) is 5.43. The molecule has 0 saturated heterocycles. The van der Waals surface area contributed by atoms with Crippen molar-refractivity contribution in [2.24, 2.45) is 23.7 Å². The first-order valence-electron chi connectivity index (χ1n) is 25.8. The fraction of sp³-hybridized carbons (Fsp3) is 0.397. The van der Waals surface area contributed by atoms with Crippen molar-refractivity contribution in [3.8, 4) is 0 Å². The van der Waals surface area contributed by atoms with Gasteiger partial charge >= 0.3 is 36.8 Å². The van der Waals surface area contributed by atoms with Gasteiger partial charge in [0.2, 0.25) is 0 Å². The Hall–Kier alpha value is -6.25. The molecule has 0 aliphatic rings. The Balaban J connectivity index is 0.000000977. The van der Waals surface area contributed by atoms with E-state index in [1.165, 1.54) is 56.2 Å². The molecule has 78 heavy (non-hydrogen) atoms. The first kappa shape index (κ1) is 69.8. The van der Waals surface area contributed by atoms with E-state index in [0.717, 1.165) is 87.5 Å². The Bertz CT molecular complexity index is 3000. The van der Waals surface area contributed by atoms with E-state index >= 15 is 0 Å². The molecule has 7 rings (SSSR count). The molecule has 0 aliphatic heterocycles. The van der Waals surface area contributed by atoms with Gasteiger partial charge in [0.1, 0.15) is 5.78 Å². The van der Waals surface area contributed by atoms with Crippen LogP contribution < -0.4 is 24.6 Å². The number of ether oxygens (including phenoxy) is 3. The molecule has 0 radical (unpaired) electrons. The Morgan fingerprint density at radius 2 is 0.897 bits per heavy atom. The molecular weight excluding hydrogens is 991 g/mol. The first-order valence-corrected chi connectivity index (χ1v) is 25.8. The average molecular weight is 1080 g/mol. The molecule has 0 amide bonds. The predicted molar refractivity (Wildman–Crippen MR) is 317 cm³/mol. The van der Waals surface area contributed by atoms with Gasteiger partial charge in [-0.3, -0.25) is 19.7 Å². The van der Waals surface area contributed by atoms with E-state index in [1.54, 1.807) is 19.1 Å². The maximum Gasteiger partial charge on any atom is 1.00 e. The fourth-order valence-electron chi connectivity index (χ4n) is 7.94. The van der Waals surface area contributed by atoms with Gasteiger partial charge in [0.05, 0.1) is 61.2 Å². The van der Waals surface area contributed by atoms with E-state index in [2.05, 4.69) is 100 Å². The summed E-state index contributed by atoms with van der Waals surface area (Å²) >= 11 is 0. The number of aromatic nitrogens is 3. The number of aliphatic hydroxyl groups is 1. The van der Waals surface area contributed by atoms with Gasteiger partial charge in [-0.15, -0.1) is 0 Å². The summed E-state index contributed by atoms with van der Waals surface area (Å²) in [6, 6.07) is 27.7. The van der Waals surface area contributed by atoms with Crippen LogP contribution in [0.2, 0.25) is 0 Å². The van der Waals surface area contributed by atoms with E-state index in [9.17, 15) is 24.0 Å². The number of hydrogen-bond acceptors (Lipinski definition) is 13. The minimum Gasteiger partial charge on any atom is -1.00 e. The number of aryl methyl sites for hydroxylation is 3. The van der Waals surface area contributed by atoms with Crippen molar-refractivity contribution in [2.75, 3.05) is 27.1 Å². The molecule has 15 heteroatoms. The second kappa shape index (κ2) is 34.6. The Kier molecular flexibility index (Phi) is 30.9. The molecule has 3 aromatic heterocycles. The van der Waals surface area contributed by atoms with Crippen LogP contribution in [0.5, 0.6) is 0 Å². The van der Waals surface area contributed by atoms with Gasteiger partial charge in [0.25, 0.3) is 0 Å². The second-order valence-electron chi connectivity index (χ2n) is 20.6. The number of Topliss-reactive ketones (excluding diaryl/α,β-unsaturated/α-hetero) is 1. The standard InChI is InChI=1S/2C16H19NO2.C15H19NO.C9H9NO3.C7H14O.Al.Li.4H/c2*1-10(2)7-13-9-14-8-12(16(18)19-4)5-6-15(14)17-11(13)3;1-10(2)6-13-8-14-7-12(9-17)4-5-15(14)16-11(13)3;1-13-9(12)6-2-3-8(10)7(4-6)5-11;1-6(2)4-5-7(3)8;;;;;;/h2*5-6,8-10H,7H2,1-4H3;4-5,7-8,10,17H,6,9H2,1-3H3;2-5H,10H2,1H3;6H,4-5H2,1-3H3;;;;;;/q;;;;;;+1;;;;-1. The third-order valence-electron chi connectivity index (χ3n) is 12.0. The van der Waals surface area contributed by atoms with E-state index in [0.29, 0.717) is 63.7 Å². The van der Waals surface area contributed by atoms with E-state index in [1.807, 2.05) is 56.3 Å². The van der Waals surface area contributed by atoms with Crippen LogP contribution in [0.3, 0.4) is 0 Å². The van der Waals surface area contributed by atoms with Gasteiger partial charge in [-0.05, 0) is 184 Å². The Morgan fingerprint density at radius 1 is 0.551 bits per heavy atom. The van der Waals surface area contributed by atoms with Crippen LogP contribution in [0.25, 0.3) is 32.7 Å². The minimum atomic E-state index is -0.483. The van der Waals surface area contributed by atoms with Gasteiger partial charge in [-0.2, -0.15) is 0 Å². The molecular formula is C63H84AlLiN4O9. The number of aliphatic hydroxyl groups excluding tert-OH is 1. The molecule has 3 N–H and O–H groups in total. The first-order chi connectivity index (χ1) is 35.9. The number of methoxy groups -OCH3 is 3. The summed E-state index contributed by atoms with van der Waals surface area (Å²) in [4.78, 5) is 68.7. The van der Waals surface area contributed by atoms with Crippen LogP contribution in [-0.4, -0.2) is 88.7 Å². The van der Waals surface area contributed by atoms with Crippen molar-refractivity contribution < 1.29 is 63.6 Å². The quantitative estimate of drug-likeness (QED) is 0.0344.